The molecule has 1 amide bonds. The molecular formula is C19H22N2O4. The van der Waals surface area contributed by atoms with E-state index in [1.165, 1.54) is 26.0 Å². The zero-order chi connectivity index (χ0) is 18.2. The van der Waals surface area contributed by atoms with Gasteiger partial charge in [0.15, 0.2) is 11.5 Å². The molecule has 0 atom stereocenters. The number of rotatable bonds is 7. The number of carbonyl (C=O) groups excluding carboxylic acids is 1. The van der Waals surface area contributed by atoms with E-state index < -0.39 is 0 Å². The van der Waals surface area contributed by atoms with Crippen molar-refractivity contribution in [3.63, 3.8) is 0 Å². The molecule has 2 rings (SSSR count). The van der Waals surface area contributed by atoms with E-state index >= 15 is 0 Å². The fourth-order valence-corrected chi connectivity index (χ4v) is 2.34. The molecule has 0 saturated carbocycles. The SMILES string of the molecule is CCc1ccc(C(=O)N/N=C\c2ccc(OC)c(OC)c2OC)cc1. The Bertz CT molecular complexity index is 755. The second-order valence-corrected chi connectivity index (χ2v) is 5.17. The highest BCUT2D eigenvalue weighted by atomic mass is 16.5. The van der Waals surface area contributed by atoms with Crippen molar-refractivity contribution >= 4 is 12.1 Å². The van der Waals surface area contributed by atoms with Crippen molar-refractivity contribution in [2.45, 2.75) is 13.3 Å². The molecule has 0 unspecified atom stereocenters. The zero-order valence-electron chi connectivity index (χ0n) is 14.8. The largest absolute Gasteiger partial charge is 0.493 e. The van der Waals surface area contributed by atoms with E-state index in [9.17, 15) is 4.79 Å². The molecule has 0 heterocycles. The van der Waals surface area contributed by atoms with Gasteiger partial charge in [0, 0.05) is 11.1 Å². The maximum Gasteiger partial charge on any atom is 0.271 e. The van der Waals surface area contributed by atoms with Gasteiger partial charge in [0.25, 0.3) is 5.91 Å². The highest BCUT2D eigenvalue weighted by molar-refractivity contribution is 5.95. The summed E-state index contributed by atoms with van der Waals surface area (Å²) in [5.41, 5.74) is 4.89. The third-order valence-electron chi connectivity index (χ3n) is 3.73. The normalized spacial score (nSPS) is 10.6. The van der Waals surface area contributed by atoms with Crippen LogP contribution < -0.4 is 19.6 Å². The van der Waals surface area contributed by atoms with Gasteiger partial charge in [-0.3, -0.25) is 4.79 Å². The number of ether oxygens (including phenoxy) is 3. The summed E-state index contributed by atoms with van der Waals surface area (Å²) in [4.78, 5) is 12.1. The Morgan fingerprint density at radius 3 is 2.24 bits per heavy atom. The van der Waals surface area contributed by atoms with Crippen LogP contribution in [-0.4, -0.2) is 33.5 Å². The Balaban J connectivity index is 2.14. The molecule has 25 heavy (non-hydrogen) atoms. The van der Waals surface area contributed by atoms with Gasteiger partial charge < -0.3 is 14.2 Å². The molecule has 0 bridgehead atoms. The minimum absolute atomic E-state index is 0.279. The van der Waals surface area contributed by atoms with E-state index in [1.807, 2.05) is 12.1 Å². The van der Waals surface area contributed by atoms with Gasteiger partial charge in [-0.2, -0.15) is 5.10 Å². The van der Waals surface area contributed by atoms with E-state index in [4.69, 9.17) is 14.2 Å². The number of hydrogen-bond donors (Lipinski definition) is 1. The summed E-state index contributed by atoms with van der Waals surface area (Å²) in [6.45, 7) is 2.07. The van der Waals surface area contributed by atoms with Crippen LogP contribution in [0.25, 0.3) is 0 Å². The fraction of sp³-hybridized carbons (Fsp3) is 0.263. The second-order valence-electron chi connectivity index (χ2n) is 5.17. The Hall–Kier alpha value is -3.02. The number of nitrogens with zero attached hydrogens (tertiary/aromatic N) is 1. The minimum atomic E-state index is -0.279. The average Bonchev–Trinajstić information content (AvgIpc) is 2.67. The van der Waals surface area contributed by atoms with Gasteiger partial charge in [0.05, 0.1) is 27.5 Å². The van der Waals surface area contributed by atoms with Gasteiger partial charge in [-0.1, -0.05) is 19.1 Å². The number of carbonyl (C=O) groups is 1. The fourth-order valence-electron chi connectivity index (χ4n) is 2.34. The van der Waals surface area contributed by atoms with Crippen LogP contribution in [0.15, 0.2) is 41.5 Å². The highest BCUT2D eigenvalue weighted by Gasteiger charge is 2.14. The lowest BCUT2D eigenvalue weighted by atomic mass is 10.1. The number of amides is 1. The molecule has 0 spiro atoms. The molecule has 6 nitrogen and oxygen atoms in total. The van der Waals surface area contributed by atoms with Gasteiger partial charge in [-0.25, -0.2) is 5.43 Å². The number of hydrogen-bond acceptors (Lipinski definition) is 5. The summed E-state index contributed by atoms with van der Waals surface area (Å²) in [5, 5.41) is 4.00. The molecule has 2 aromatic carbocycles. The van der Waals surface area contributed by atoms with Crippen molar-refractivity contribution in [1.29, 1.82) is 0 Å². The molecule has 2 aromatic rings. The van der Waals surface area contributed by atoms with Crippen LogP contribution in [0, 0.1) is 0 Å². The first-order chi connectivity index (χ1) is 12.1. The zero-order valence-corrected chi connectivity index (χ0v) is 14.8. The summed E-state index contributed by atoms with van der Waals surface area (Å²) >= 11 is 0. The first-order valence-corrected chi connectivity index (χ1v) is 7.85. The van der Waals surface area contributed by atoms with Gasteiger partial charge in [0.2, 0.25) is 5.75 Å². The van der Waals surface area contributed by atoms with Gasteiger partial charge in [-0.05, 0) is 36.2 Å². The Kier molecular flexibility index (Phi) is 6.39. The van der Waals surface area contributed by atoms with Crippen LogP contribution in [0.3, 0.4) is 0 Å². The summed E-state index contributed by atoms with van der Waals surface area (Å²) in [6.07, 6.45) is 2.43. The van der Waals surface area contributed by atoms with Crippen molar-refractivity contribution < 1.29 is 19.0 Å². The van der Waals surface area contributed by atoms with E-state index in [1.54, 1.807) is 31.4 Å². The molecule has 1 N–H and O–H groups in total. The lowest BCUT2D eigenvalue weighted by Gasteiger charge is -2.13. The quantitative estimate of drug-likeness (QED) is 0.620. The molecule has 0 saturated heterocycles. The van der Waals surface area contributed by atoms with E-state index in [2.05, 4.69) is 17.5 Å². The molecule has 6 heteroatoms. The highest BCUT2D eigenvalue weighted by Crippen LogP contribution is 2.38. The smallest absolute Gasteiger partial charge is 0.271 e. The standard InChI is InChI=1S/C19H22N2O4/c1-5-13-6-8-14(9-7-13)19(22)21-20-12-15-10-11-16(23-2)18(25-4)17(15)24-3/h6-12H,5H2,1-4H3,(H,21,22)/b20-12-. The number of methoxy groups -OCH3 is 3. The van der Waals surface area contributed by atoms with Crippen molar-refractivity contribution in [1.82, 2.24) is 5.43 Å². The third kappa shape index (κ3) is 4.29. The van der Waals surface area contributed by atoms with Gasteiger partial charge >= 0.3 is 0 Å². The van der Waals surface area contributed by atoms with Crippen LogP contribution in [0.1, 0.15) is 28.4 Å². The van der Waals surface area contributed by atoms with Gasteiger partial charge in [0.1, 0.15) is 0 Å². The molecule has 0 radical (unpaired) electrons. The number of benzene rings is 2. The van der Waals surface area contributed by atoms with Crippen molar-refractivity contribution in [2.24, 2.45) is 5.10 Å². The monoisotopic (exact) mass is 342 g/mol. The van der Waals surface area contributed by atoms with E-state index in [-0.39, 0.29) is 5.91 Å². The van der Waals surface area contributed by atoms with Crippen LogP contribution in [0.4, 0.5) is 0 Å². The predicted octanol–water partition coefficient (Wildman–Crippen LogP) is 3.04. The maximum absolute atomic E-state index is 12.1. The van der Waals surface area contributed by atoms with Crippen molar-refractivity contribution in [3.05, 3.63) is 53.1 Å². The van der Waals surface area contributed by atoms with Crippen LogP contribution in [0.2, 0.25) is 0 Å². The second kappa shape index (κ2) is 8.73. The maximum atomic E-state index is 12.1. The van der Waals surface area contributed by atoms with Crippen LogP contribution in [-0.2, 0) is 6.42 Å². The summed E-state index contributed by atoms with van der Waals surface area (Å²) in [7, 11) is 4.61. The van der Waals surface area contributed by atoms with E-state index in [0.717, 1.165) is 6.42 Å². The Morgan fingerprint density at radius 2 is 1.68 bits per heavy atom. The molecular weight excluding hydrogens is 320 g/mol. The number of hydrazone groups is 1. The molecule has 0 aromatic heterocycles. The number of nitrogens with one attached hydrogen (secondary N) is 1. The molecule has 0 aliphatic rings. The Labute approximate surface area is 147 Å². The Morgan fingerprint density at radius 1 is 1.00 bits per heavy atom. The molecule has 0 aliphatic carbocycles. The van der Waals surface area contributed by atoms with Crippen molar-refractivity contribution in [3.8, 4) is 17.2 Å². The van der Waals surface area contributed by atoms with E-state index in [0.29, 0.717) is 28.4 Å². The van der Waals surface area contributed by atoms with Gasteiger partial charge in [-0.15, -0.1) is 0 Å². The topological polar surface area (TPSA) is 69.2 Å². The molecule has 0 fully saturated rings. The van der Waals surface area contributed by atoms with Crippen molar-refractivity contribution in [2.75, 3.05) is 21.3 Å². The lowest BCUT2D eigenvalue weighted by molar-refractivity contribution is 0.0955. The first kappa shape index (κ1) is 18.3. The van der Waals surface area contributed by atoms with Crippen LogP contribution >= 0.6 is 0 Å². The van der Waals surface area contributed by atoms with Crippen LogP contribution in [0.5, 0.6) is 17.2 Å². The number of aryl methyl sites for hydroxylation is 1. The summed E-state index contributed by atoms with van der Waals surface area (Å²) in [5.74, 6) is 1.22. The third-order valence-corrected chi connectivity index (χ3v) is 3.73. The average molecular weight is 342 g/mol. The lowest BCUT2D eigenvalue weighted by Crippen LogP contribution is -2.17. The molecule has 132 valence electrons. The first-order valence-electron chi connectivity index (χ1n) is 7.85. The molecule has 0 aliphatic heterocycles. The summed E-state index contributed by atoms with van der Waals surface area (Å²) < 4.78 is 15.9. The summed E-state index contributed by atoms with van der Waals surface area (Å²) in [6, 6.07) is 10.9. The minimum Gasteiger partial charge on any atom is -0.493 e. The predicted molar refractivity (Wildman–Crippen MR) is 97.0 cm³/mol.